The van der Waals surface area contributed by atoms with Crippen LogP contribution in [-0.2, 0) is 32.7 Å². The number of nitrogens with one attached hydrogen (secondary N) is 1. The van der Waals surface area contributed by atoms with Gasteiger partial charge < -0.3 is 25.2 Å². The van der Waals surface area contributed by atoms with Crippen LogP contribution < -0.4 is 5.32 Å². The molecular weight excluding hydrogens is 685 g/mol. The van der Waals surface area contributed by atoms with Crippen molar-refractivity contribution in [1.29, 1.82) is 0 Å². The third kappa shape index (κ3) is 34.3. The molecule has 52 heavy (non-hydrogen) atoms. The number of ether oxygens (including phenoxy) is 1. The molecule has 0 aliphatic carbocycles. The van der Waals surface area contributed by atoms with E-state index in [-0.39, 0.29) is 12.8 Å². The number of phosphoric acid groups is 1. The van der Waals surface area contributed by atoms with Crippen molar-refractivity contribution < 1.29 is 47.8 Å². The van der Waals surface area contributed by atoms with Crippen molar-refractivity contribution in [3.8, 4) is 0 Å². The summed E-state index contributed by atoms with van der Waals surface area (Å²) in [5, 5.41) is 21.7. The first-order valence-electron chi connectivity index (χ1n) is 19.3. The van der Waals surface area contributed by atoms with Gasteiger partial charge in [-0.1, -0.05) is 113 Å². The molecule has 0 saturated carbocycles. The zero-order valence-corrected chi connectivity index (χ0v) is 32.7. The Bertz CT molecular complexity index is 1120. The van der Waals surface area contributed by atoms with Crippen LogP contribution in [0.15, 0.2) is 60.8 Å². The fourth-order valence-corrected chi connectivity index (χ4v) is 5.54. The number of hydrogen-bond acceptors (Lipinski definition) is 8. The Morgan fingerprint density at radius 1 is 0.635 bits per heavy atom. The lowest BCUT2D eigenvalue weighted by Gasteiger charge is -2.18. The van der Waals surface area contributed by atoms with Crippen LogP contribution in [0, 0.1) is 0 Å². The average molecular weight is 754 g/mol. The molecule has 0 aliphatic heterocycles. The maximum absolute atomic E-state index is 12.2. The molecule has 0 bridgehead atoms. The average Bonchev–Trinajstić information content (AvgIpc) is 3.11. The first-order valence-corrected chi connectivity index (χ1v) is 20.8. The molecule has 3 unspecified atom stereocenters. The largest absolute Gasteiger partial charge is 0.480 e. The zero-order chi connectivity index (χ0) is 38.5. The molecule has 0 spiro atoms. The Kier molecular flexibility index (Phi) is 33.3. The van der Waals surface area contributed by atoms with Crippen LogP contribution in [-0.4, -0.2) is 64.9 Å². The summed E-state index contributed by atoms with van der Waals surface area (Å²) < 4.78 is 26.7. The molecule has 12 heteroatoms. The molecular formula is C40H68NO10P. The molecule has 0 aromatic rings. The number of carboxylic acid groups (broad SMARTS) is 1. The van der Waals surface area contributed by atoms with Gasteiger partial charge in [-0.3, -0.25) is 18.6 Å². The Morgan fingerprint density at radius 2 is 1.12 bits per heavy atom. The normalized spacial score (nSPS) is 14.5. The van der Waals surface area contributed by atoms with Gasteiger partial charge in [-0.15, -0.1) is 0 Å². The van der Waals surface area contributed by atoms with Gasteiger partial charge in [0.25, 0.3) is 0 Å². The quantitative estimate of drug-likeness (QED) is 0.0212. The summed E-state index contributed by atoms with van der Waals surface area (Å²) in [4.78, 5) is 45.7. The van der Waals surface area contributed by atoms with E-state index in [1.807, 2.05) is 0 Å². The number of esters is 1. The number of rotatable bonds is 35. The first-order chi connectivity index (χ1) is 25.1. The number of amides is 1. The van der Waals surface area contributed by atoms with E-state index in [9.17, 15) is 34.1 Å². The van der Waals surface area contributed by atoms with Crippen molar-refractivity contribution >= 4 is 25.7 Å². The van der Waals surface area contributed by atoms with Gasteiger partial charge in [-0.25, -0.2) is 9.36 Å². The van der Waals surface area contributed by atoms with Gasteiger partial charge in [0.15, 0.2) is 6.04 Å². The molecule has 11 nitrogen and oxygen atoms in total. The predicted molar refractivity (Wildman–Crippen MR) is 208 cm³/mol. The second kappa shape index (κ2) is 35.2. The Labute approximate surface area is 313 Å². The number of unbranched alkanes of at least 4 members (excludes halogenated alkanes) is 11. The molecule has 0 fully saturated rings. The van der Waals surface area contributed by atoms with Crippen molar-refractivity contribution in [2.45, 2.75) is 154 Å². The fraction of sp³-hybridized carbons (Fsp3) is 0.675. The number of carbonyl (C=O) groups is 3. The minimum Gasteiger partial charge on any atom is -0.480 e. The third-order valence-corrected chi connectivity index (χ3v) is 8.74. The van der Waals surface area contributed by atoms with Crippen molar-refractivity contribution in [2.24, 2.45) is 0 Å². The number of aliphatic hydroxyl groups excluding tert-OH is 1. The monoisotopic (exact) mass is 753 g/mol. The first kappa shape index (κ1) is 49.2. The Balaban J connectivity index is 4.04. The molecule has 0 radical (unpaired) electrons. The summed E-state index contributed by atoms with van der Waals surface area (Å²) in [6.45, 7) is 2.38. The standard InChI is InChI=1S/C40H68NO10P/c1-3-5-7-9-11-13-15-17-18-20-22-24-26-28-30-32-39(44)49-33-36(42)34-50-52(47,48)51-35-37(40(45)46)41-38(43)31-29-27-25-23-21-19-16-14-12-10-8-6-4-2/h5,7,11,13-14,16-18,22,24,36-37,42H,3-4,6,8-10,12,15,19-21,23,25-35H2,1-2H3,(H,41,43)(H,45,46)(H,47,48)/b7-5-,13-11-,16-14-,18-17-,24-22-. The van der Waals surface area contributed by atoms with Crippen molar-refractivity contribution in [3.63, 3.8) is 0 Å². The van der Waals surface area contributed by atoms with E-state index in [2.05, 4.69) is 79.9 Å². The summed E-state index contributed by atoms with van der Waals surface area (Å²) in [6, 6.07) is -1.56. The number of carboxylic acids is 1. The van der Waals surface area contributed by atoms with Crippen LogP contribution in [0.5, 0.6) is 0 Å². The number of aliphatic carboxylic acids is 1. The van der Waals surface area contributed by atoms with E-state index in [0.717, 1.165) is 77.0 Å². The van der Waals surface area contributed by atoms with E-state index in [0.29, 0.717) is 12.8 Å². The number of carbonyl (C=O) groups excluding carboxylic acids is 2. The van der Waals surface area contributed by atoms with Crippen LogP contribution in [0.25, 0.3) is 0 Å². The van der Waals surface area contributed by atoms with Crippen molar-refractivity contribution in [2.75, 3.05) is 19.8 Å². The van der Waals surface area contributed by atoms with Crippen LogP contribution >= 0.6 is 7.82 Å². The Hall–Kier alpha value is -2.82. The van der Waals surface area contributed by atoms with Gasteiger partial charge in [0, 0.05) is 12.8 Å². The molecule has 0 aromatic heterocycles. The second-order valence-corrected chi connectivity index (χ2v) is 14.2. The van der Waals surface area contributed by atoms with Crippen LogP contribution in [0.1, 0.15) is 142 Å². The van der Waals surface area contributed by atoms with Crippen LogP contribution in [0.4, 0.5) is 0 Å². The summed E-state index contributed by atoms with van der Waals surface area (Å²) in [5.41, 5.74) is 0. The number of allylic oxidation sites excluding steroid dienone is 10. The van der Waals surface area contributed by atoms with Gasteiger partial charge in [0.2, 0.25) is 5.91 Å². The fourth-order valence-electron chi connectivity index (χ4n) is 4.77. The van der Waals surface area contributed by atoms with Gasteiger partial charge in [0.1, 0.15) is 12.7 Å². The summed E-state index contributed by atoms with van der Waals surface area (Å²) in [7, 11) is -4.76. The lowest BCUT2D eigenvalue weighted by Crippen LogP contribution is -2.43. The smallest absolute Gasteiger partial charge is 0.472 e. The molecule has 298 valence electrons. The molecule has 0 rings (SSSR count). The molecule has 0 saturated heterocycles. The third-order valence-electron chi connectivity index (χ3n) is 7.79. The second-order valence-electron chi connectivity index (χ2n) is 12.7. The predicted octanol–water partition coefficient (Wildman–Crippen LogP) is 9.22. The number of aliphatic hydroxyl groups is 1. The summed E-state index contributed by atoms with van der Waals surface area (Å²) in [5.74, 6) is -2.44. The molecule has 0 aliphatic rings. The lowest BCUT2D eigenvalue weighted by atomic mass is 10.1. The highest BCUT2D eigenvalue weighted by molar-refractivity contribution is 7.47. The summed E-state index contributed by atoms with van der Waals surface area (Å²) in [6.07, 6.45) is 38.3. The van der Waals surface area contributed by atoms with Crippen molar-refractivity contribution in [1.82, 2.24) is 5.32 Å². The Morgan fingerprint density at radius 3 is 1.71 bits per heavy atom. The van der Waals surface area contributed by atoms with Gasteiger partial charge in [-0.2, -0.15) is 0 Å². The summed E-state index contributed by atoms with van der Waals surface area (Å²) >= 11 is 0. The topological polar surface area (TPSA) is 169 Å². The maximum atomic E-state index is 12.2. The van der Waals surface area contributed by atoms with Crippen LogP contribution in [0.2, 0.25) is 0 Å². The van der Waals surface area contributed by atoms with Gasteiger partial charge in [-0.05, 0) is 77.0 Å². The molecule has 0 heterocycles. The highest BCUT2D eigenvalue weighted by Crippen LogP contribution is 2.43. The van der Waals surface area contributed by atoms with E-state index >= 15 is 0 Å². The van der Waals surface area contributed by atoms with E-state index < -0.39 is 57.6 Å². The lowest BCUT2D eigenvalue weighted by molar-refractivity contribution is -0.147. The highest BCUT2D eigenvalue weighted by Gasteiger charge is 2.28. The minimum absolute atomic E-state index is 0.130. The SMILES string of the molecule is CC/C=C\C/C=C\C/C=C\C/C=C\CCCCC(=O)OCC(O)COP(=O)(O)OCC(NC(=O)CCCCCCC/C=C\CCCCCC)C(=O)O. The number of phosphoric ester groups is 1. The highest BCUT2D eigenvalue weighted by atomic mass is 31.2. The van der Waals surface area contributed by atoms with E-state index in [1.165, 1.54) is 25.7 Å². The maximum Gasteiger partial charge on any atom is 0.472 e. The molecule has 4 N–H and O–H groups in total. The zero-order valence-electron chi connectivity index (χ0n) is 31.8. The molecule has 3 atom stereocenters. The number of hydrogen-bond donors (Lipinski definition) is 4. The van der Waals surface area contributed by atoms with Crippen molar-refractivity contribution in [3.05, 3.63) is 60.8 Å². The van der Waals surface area contributed by atoms with Gasteiger partial charge in [0.05, 0.1) is 13.2 Å². The molecule has 0 aromatic carbocycles. The molecule has 1 amide bonds. The van der Waals surface area contributed by atoms with E-state index in [4.69, 9.17) is 13.8 Å². The van der Waals surface area contributed by atoms with Crippen LogP contribution in [0.3, 0.4) is 0 Å². The van der Waals surface area contributed by atoms with E-state index in [1.54, 1.807) is 0 Å². The minimum atomic E-state index is -4.76. The van der Waals surface area contributed by atoms with Gasteiger partial charge >= 0.3 is 19.8 Å².